The van der Waals surface area contributed by atoms with Crippen LogP contribution in [-0.4, -0.2) is 0 Å². The van der Waals surface area contributed by atoms with E-state index in [1.54, 1.807) is 0 Å². The minimum atomic E-state index is 0.713. The van der Waals surface area contributed by atoms with Crippen molar-refractivity contribution >= 4 is 0 Å². The van der Waals surface area contributed by atoms with Gasteiger partial charge in [0.1, 0.15) is 0 Å². The maximum absolute atomic E-state index is 5.40. The van der Waals surface area contributed by atoms with E-state index in [2.05, 4.69) is 49.8 Å². The summed E-state index contributed by atoms with van der Waals surface area (Å²) in [6.07, 6.45) is 14.1. The number of allylic oxidation sites excluding steroid dienone is 1. The topological polar surface area (TPSA) is 0 Å². The average Bonchev–Trinajstić information content (AvgIpc) is 2.49. The van der Waals surface area contributed by atoms with E-state index in [9.17, 15) is 0 Å². The molecule has 19 heavy (non-hydrogen) atoms. The molecule has 0 radical (unpaired) electrons. The van der Waals surface area contributed by atoms with Crippen molar-refractivity contribution in [2.45, 2.75) is 44.9 Å². The van der Waals surface area contributed by atoms with E-state index in [4.69, 9.17) is 6.42 Å². The Kier molecular flexibility index (Phi) is 4.86. The molecule has 0 spiro atoms. The Morgan fingerprint density at radius 1 is 1.26 bits per heavy atom. The Morgan fingerprint density at radius 3 is 2.37 bits per heavy atom. The van der Waals surface area contributed by atoms with E-state index >= 15 is 0 Å². The van der Waals surface area contributed by atoms with Gasteiger partial charge < -0.3 is 0 Å². The van der Waals surface area contributed by atoms with Crippen molar-refractivity contribution in [3.05, 3.63) is 48.0 Å². The summed E-state index contributed by atoms with van der Waals surface area (Å²) >= 11 is 0. The summed E-state index contributed by atoms with van der Waals surface area (Å²) < 4.78 is 0. The maximum atomic E-state index is 5.40. The molecule has 0 saturated heterocycles. The SMILES string of the molecule is C#Cc1ccc([C@H]2CC[C@H](C(C=C)CC)CC2)cc1. The van der Waals surface area contributed by atoms with Gasteiger partial charge in [0.15, 0.2) is 0 Å². The summed E-state index contributed by atoms with van der Waals surface area (Å²) in [7, 11) is 0. The van der Waals surface area contributed by atoms with Gasteiger partial charge in [-0.15, -0.1) is 13.0 Å². The highest BCUT2D eigenvalue weighted by molar-refractivity contribution is 5.35. The van der Waals surface area contributed by atoms with Crippen LogP contribution in [0.15, 0.2) is 36.9 Å². The van der Waals surface area contributed by atoms with Crippen LogP contribution in [0.1, 0.15) is 56.1 Å². The van der Waals surface area contributed by atoms with Crippen molar-refractivity contribution < 1.29 is 0 Å². The molecule has 1 aromatic rings. The van der Waals surface area contributed by atoms with Gasteiger partial charge in [-0.25, -0.2) is 0 Å². The summed E-state index contributed by atoms with van der Waals surface area (Å²) in [5.74, 6) is 4.97. The lowest BCUT2D eigenvalue weighted by Crippen LogP contribution is -2.19. The zero-order valence-corrected chi connectivity index (χ0v) is 11.9. The first-order chi connectivity index (χ1) is 9.28. The molecule has 0 heterocycles. The Morgan fingerprint density at radius 2 is 1.89 bits per heavy atom. The standard InChI is InChI=1S/C19H24/c1-4-15-7-9-18(10-8-15)19-13-11-17(12-14-19)16(5-2)6-3/h1,5,7-10,16-17,19H,2,6,11-14H2,3H3/t16?,17-,19-. The van der Waals surface area contributed by atoms with Gasteiger partial charge in [0, 0.05) is 5.56 Å². The Balaban J connectivity index is 1.95. The largest absolute Gasteiger partial charge is 0.115 e. The van der Waals surface area contributed by atoms with Crippen LogP contribution in [0.4, 0.5) is 0 Å². The van der Waals surface area contributed by atoms with Gasteiger partial charge in [0.25, 0.3) is 0 Å². The molecular formula is C19H24. The zero-order chi connectivity index (χ0) is 13.7. The van der Waals surface area contributed by atoms with Crippen molar-refractivity contribution in [1.82, 2.24) is 0 Å². The molecule has 1 aromatic carbocycles. The molecule has 1 unspecified atom stereocenters. The number of terminal acetylenes is 1. The first-order valence-electron chi connectivity index (χ1n) is 7.47. The second-order valence-electron chi connectivity index (χ2n) is 5.69. The summed E-state index contributed by atoms with van der Waals surface area (Å²) in [4.78, 5) is 0. The van der Waals surface area contributed by atoms with Gasteiger partial charge in [0.05, 0.1) is 0 Å². The first-order valence-corrected chi connectivity index (χ1v) is 7.47. The van der Waals surface area contributed by atoms with Crippen LogP contribution in [0.25, 0.3) is 0 Å². The molecule has 0 aliphatic heterocycles. The van der Waals surface area contributed by atoms with Gasteiger partial charge in [-0.1, -0.05) is 31.1 Å². The van der Waals surface area contributed by atoms with Crippen molar-refractivity contribution in [3.8, 4) is 12.3 Å². The lowest BCUT2D eigenvalue weighted by atomic mass is 9.73. The fourth-order valence-electron chi connectivity index (χ4n) is 3.42. The Labute approximate surface area is 117 Å². The molecule has 1 saturated carbocycles. The molecular weight excluding hydrogens is 228 g/mol. The monoisotopic (exact) mass is 252 g/mol. The normalized spacial score (nSPS) is 24.4. The van der Waals surface area contributed by atoms with Crippen LogP contribution in [0.3, 0.4) is 0 Å². The Bertz CT molecular complexity index is 438. The minimum absolute atomic E-state index is 0.713. The molecule has 0 aromatic heterocycles. The number of hydrogen-bond acceptors (Lipinski definition) is 0. The van der Waals surface area contributed by atoms with E-state index < -0.39 is 0 Å². The zero-order valence-electron chi connectivity index (χ0n) is 11.9. The lowest BCUT2D eigenvalue weighted by molar-refractivity contribution is 0.261. The van der Waals surface area contributed by atoms with Crippen LogP contribution in [-0.2, 0) is 0 Å². The van der Waals surface area contributed by atoms with Gasteiger partial charge in [-0.3, -0.25) is 0 Å². The third-order valence-electron chi connectivity index (χ3n) is 4.70. The molecule has 1 aliphatic rings. The van der Waals surface area contributed by atoms with Crippen molar-refractivity contribution in [1.29, 1.82) is 0 Å². The molecule has 0 nitrogen and oxygen atoms in total. The molecule has 0 amide bonds. The molecule has 2 rings (SSSR count). The van der Waals surface area contributed by atoms with Gasteiger partial charge in [-0.2, -0.15) is 0 Å². The van der Waals surface area contributed by atoms with Crippen LogP contribution >= 0.6 is 0 Å². The van der Waals surface area contributed by atoms with Crippen molar-refractivity contribution in [2.24, 2.45) is 11.8 Å². The maximum Gasteiger partial charge on any atom is 0.0242 e. The van der Waals surface area contributed by atoms with Crippen LogP contribution < -0.4 is 0 Å². The Hall–Kier alpha value is -1.48. The predicted molar refractivity (Wildman–Crippen MR) is 83.1 cm³/mol. The first kappa shape index (κ1) is 13.9. The second-order valence-corrected chi connectivity index (χ2v) is 5.69. The molecule has 0 N–H and O–H groups in total. The van der Waals surface area contributed by atoms with E-state index in [1.807, 2.05) is 0 Å². The molecule has 1 atom stereocenters. The lowest BCUT2D eigenvalue weighted by Gasteiger charge is -2.32. The number of rotatable bonds is 4. The smallest absolute Gasteiger partial charge is 0.0242 e. The van der Waals surface area contributed by atoms with E-state index in [0.717, 1.165) is 17.4 Å². The van der Waals surface area contributed by atoms with E-state index in [0.29, 0.717) is 5.92 Å². The molecule has 100 valence electrons. The fourth-order valence-corrected chi connectivity index (χ4v) is 3.42. The molecule has 1 fully saturated rings. The highest BCUT2D eigenvalue weighted by Gasteiger charge is 2.25. The highest BCUT2D eigenvalue weighted by atomic mass is 14.3. The predicted octanol–water partition coefficient (Wildman–Crippen LogP) is 5.15. The van der Waals surface area contributed by atoms with Crippen molar-refractivity contribution in [2.75, 3.05) is 0 Å². The summed E-state index contributed by atoms with van der Waals surface area (Å²) in [6.45, 7) is 6.26. The summed E-state index contributed by atoms with van der Waals surface area (Å²) in [5.41, 5.74) is 2.44. The molecule has 0 heteroatoms. The van der Waals surface area contributed by atoms with Gasteiger partial charge in [-0.05, 0) is 67.6 Å². The quantitative estimate of drug-likeness (QED) is 0.513. The second kappa shape index (κ2) is 6.62. The van der Waals surface area contributed by atoms with E-state index in [1.165, 1.54) is 37.7 Å². The number of hydrogen-bond donors (Lipinski definition) is 0. The van der Waals surface area contributed by atoms with Crippen LogP contribution in [0.5, 0.6) is 0 Å². The molecule has 0 bridgehead atoms. The molecule has 1 aliphatic carbocycles. The van der Waals surface area contributed by atoms with Crippen LogP contribution in [0, 0.1) is 24.2 Å². The summed E-state index contributed by atoms with van der Waals surface area (Å²) in [5, 5.41) is 0. The average molecular weight is 252 g/mol. The number of benzene rings is 1. The highest BCUT2D eigenvalue weighted by Crippen LogP contribution is 2.39. The van der Waals surface area contributed by atoms with Crippen molar-refractivity contribution in [3.63, 3.8) is 0 Å². The van der Waals surface area contributed by atoms with E-state index in [-0.39, 0.29) is 0 Å². The summed E-state index contributed by atoms with van der Waals surface area (Å²) in [6, 6.07) is 8.57. The third-order valence-corrected chi connectivity index (χ3v) is 4.70. The third kappa shape index (κ3) is 3.29. The fraction of sp³-hybridized carbons (Fsp3) is 0.474. The van der Waals surface area contributed by atoms with Gasteiger partial charge >= 0.3 is 0 Å². The van der Waals surface area contributed by atoms with Gasteiger partial charge in [0.2, 0.25) is 0 Å². The van der Waals surface area contributed by atoms with Crippen LogP contribution in [0.2, 0.25) is 0 Å². The minimum Gasteiger partial charge on any atom is -0.115 e.